The molecule has 0 aliphatic heterocycles. The highest BCUT2D eigenvalue weighted by Gasteiger charge is 2.08. The number of rotatable bonds is 7. The molecule has 0 spiro atoms. The third kappa shape index (κ3) is 3.39. The number of aromatic amines is 1. The van der Waals surface area contributed by atoms with Gasteiger partial charge in [0.2, 0.25) is 0 Å². The molecule has 6 heteroatoms. The van der Waals surface area contributed by atoms with Crippen molar-refractivity contribution in [3.05, 3.63) is 61.3 Å². The van der Waals surface area contributed by atoms with Crippen molar-refractivity contribution in [3.8, 4) is 17.0 Å². The Hall–Kier alpha value is -3.28. The molecular formula is C20H21N5O. The van der Waals surface area contributed by atoms with Crippen molar-refractivity contribution in [1.29, 1.82) is 0 Å². The zero-order valence-corrected chi connectivity index (χ0v) is 14.6. The molecule has 0 radical (unpaired) electrons. The maximum Gasteiger partial charge on any atom is 0.139 e. The fourth-order valence-corrected chi connectivity index (χ4v) is 3.03. The van der Waals surface area contributed by atoms with Crippen LogP contribution in [0.15, 0.2) is 61.3 Å². The molecule has 0 saturated heterocycles. The largest absolute Gasteiger partial charge is 0.497 e. The number of fused-ring (bicyclic) bond motifs is 1. The minimum absolute atomic E-state index is 0.840. The van der Waals surface area contributed by atoms with Gasteiger partial charge >= 0.3 is 0 Å². The van der Waals surface area contributed by atoms with Gasteiger partial charge in [0.15, 0.2) is 0 Å². The van der Waals surface area contributed by atoms with E-state index < -0.39 is 0 Å². The summed E-state index contributed by atoms with van der Waals surface area (Å²) < 4.78 is 7.41. The second kappa shape index (κ2) is 7.31. The predicted octanol–water partition coefficient (Wildman–Crippen LogP) is 3.94. The molecule has 0 aliphatic rings. The van der Waals surface area contributed by atoms with Gasteiger partial charge in [0, 0.05) is 54.0 Å². The van der Waals surface area contributed by atoms with Gasteiger partial charge in [-0.05, 0) is 30.7 Å². The van der Waals surface area contributed by atoms with E-state index in [2.05, 4.69) is 37.0 Å². The highest BCUT2D eigenvalue weighted by molar-refractivity contribution is 5.93. The van der Waals surface area contributed by atoms with Gasteiger partial charge in [-0.3, -0.25) is 0 Å². The van der Waals surface area contributed by atoms with Crippen molar-refractivity contribution in [2.45, 2.75) is 13.0 Å². The lowest BCUT2D eigenvalue weighted by molar-refractivity contribution is 0.415. The third-order valence-electron chi connectivity index (χ3n) is 4.38. The summed E-state index contributed by atoms with van der Waals surface area (Å²) in [5.74, 6) is 0.840. The molecule has 2 N–H and O–H groups in total. The number of nitrogens with one attached hydrogen (secondary N) is 2. The van der Waals surface area contributed by atoms with Crippen molar-refractivity contribution in [1.82, 2.24) is 19.5 Å². The number of aryl methyl sites for hydroxylation is 1. The smallest absolute Gasteiger partial charge is 0.139 e. The van der Waals surface area contributed by atoms with Crippen molar-refractivity contribution in [3.63, 3.8) is 0 Å². The molecule has 6 nitrogen and oxygen atoms in total. The van der Waals surface area contributed by atoms with E-state index in [0.717, 1.165) is 53.2 Å². The molecule has 132 valence electrons. The van der Waals surface area contributed by atoms with Crippen LogP contribution in [0, 0.1) is 0 Å². The summed E-state index contributed by atoms with van der Waals surface area (Å²) in [4.78, 5) is 11.9. The van der Waals surface area contributed by atoms with Crippen LogP contribution in [0.2, 0.25) is 0 Å². The van der Waals surface area contributed by atoms with Crippen molar-refractivity contribution >= 4 is 16.7 Å². The van der Waals surface area contributed by atoms with Gasteiger partial charge in [0.25, 0.3) is 0 Å². The summed E-state index contributed by atoms with van der Waals surface area (Å²) in [6.07, 6.45) is 8.48. The third-order valence-corrected chi connectivity index (χ3v) is 4.38. The molecule has 1 aromatic carbocycles. The summed E-state index contributed by atoms with van der Waals surface area (Å²) in [7, 11) is 1.68. The lowest BCUT2D eigenvalue weighted by atomic mass is 10.1. The van der Waals surface area contributed by atoms with Crippen LogP contribution in [0.25, 0.3) is 22.3 Å². The van der Waals surface area contributed by atoms with Gasteiger partial charge < -0.3 is 19.6 Å². The Labute approximate surface area is 151 Å². The van der Waals surface area contributed by atoms with Crippen LogP contribution in [0.5, 0.6) is 5.75 Å². The summed E-state index contributed by atoms with van der Waals surface area (Å²) in [5, 5.41) is 4.61. The number of imidazole rings is 1. The minimum Gasteiger partial charge on any atom is -0.497 e. The molecule has 3 aromatic heterocycles. The van der Waals surface area contributed by atoms with Gasteiger partial charge in [-0.2, -0.15) is 0 Å². The molecule has 26 heavy (non-hydrogen) atoms. The van der Waals surface area contributed by atoms with E-state index in [-0.39, 0.29) is 0 Å². The maximum absolute atomic E-state index is 5.32. The van der Waals surface area contributed by atoms with E-state index in [9.17, 15) is 0 Å². The monoisotopic (exact) mass is 347 g/mol. The normalized spacial score (nSPS) is 11.0. The fourth-order valence-electron chi connectivity index (χ4n) is 3.03. The minimum atomic E-state index is 0.840. The summed E-state index contributed by atoms with van der Waals surface area (Å²) >= 11 is 0. The van der Waals surface area contributed by atoms with Gasteiger partial charge in [-0.1, -0.05) is 12.1 Å². The summed E-state index contributed by atoms with van der Waals surface area (Å²) in [5.41, 5.74) is 4.07. The van der Waals surface area contributed by atoms with Gasteiger partial charge in [0.05, 0.1) is 13.4 Å². The molecule has 0 saturated carbocycles. The fraction of sp³-hybridized carbons (Fsp3) is 0.200. The molecule has 0 aliphatic carbocycles. The predicted molar refractivity (Wildman–Crippen MR) is 103 cm³/mol. The number of H-pyrrole nitrogens is 1. The molecule has 0 unspecified atom stereocenters. The van der Waals surface area contributed by atoms with E-state index in [1.54, 1.807) is 13.3 Å². The van der Waals surface area contributed by atoms with E-state index in [1.807, 2.05) is 43.0 Å². The zero-order chi connectivity index (χ0) is 17.8. The van der Waals surface area contributed by atoms with Crippen molar-refractivity contribution in [2.24, 2.45) is 0 Å². The van der Waals surface area contributed by atoms with E-state index in [1.165, 1.54) is 0 Å². The average Bonchev–Trinajstić information content (AvgIpc) is 3.35. The topological polar surface area (TPSA) is 67.8 Å². The number of methoxy groups -OCH3 is 1. The first-order valence-corrected chi connectivity index (χ1v) is 8.65. The van der Waals surface area contributed by atoms with E-state index >= 15 is 0 Å². The number of hydrogen-bond acceptors (Lipinski definition) is 4. The van der Waals surface area contributed by atoms with Crippen LogP contribution in [0.3, 0.4) is 0 Å². The van der Waals surface area contributed by atoms with Crippen molar-refractivity contribution in [2.75, 3.05) is 19.0 Å². The molecular weight excluding hydrogens is 326 g/mol. The molecule has 4 aromatic rings. The van der Waals surface area contributed by atoms with Crippen LogP contribution in [-0.4, -0.2) is 33.2 Å². The Balaban J connectivity index is 1.51. The number of ether oxygens (including phenoxy) is 1. The summed E-state index contributed by atoms with van der Waals surface area (Å²) in [6.45, 7) is 1.83. The molecule has 0 fully saturated rings. The number of aromatic nitrogens is 4. The number of benzene rings is 1. The van der Waals surface area contributed by atoms with Crippen molar-refractivity contribution < 1.29 is 4.74 Å². The standard InChI is InChI=1S/C20H21N5O/c1-26-16-5-2-4-15(12-16)19-13-17-18(6-8-23-20(17)24-19)22-7-3-10-25-11-9-21-14-25/h2,4-6,8-9,11-14H,3,7,10H2,1H3,(H2,22,23,24). The Morgan fingerprint density at radius 2 is 2.15 bits per heavy atom. The molecule has 4 rings (SSSR count). The Kier molecular flexibility index (Phi) is 4.55. The molecule has 3 heterocycles. The Bertz CT molecular complexity index is 991. The number of hydrogen-bond donors (Lipinski definition) is 2. The average molecular weight is 347 g/mol. The van der Waals surface area contributed by atoms with E-state index in [0.29, 0.717) is 0 Å². The highest BCUT2D eigenvalue weighted by atomic mass is 16.5. The zero-order valence-electron chi connectivity index (χ0n) is 14.6. The SMILES string of the molecule is COc1cccc(-c2cc3c(NCCCn4ccnc4)ccnc3[nH]2)c1. The molecule has 0 atom stereocenters. The first kappa shape index (κ1) is 16.2. The molecule has 0 bridgehead atoms. The quantitative estimate of drug-likeness (QED) is 0.497. The second-order valence-corrected chi connectivity index (χ2v) is 6.12. The van der Waals surface area contributed by atoms with Crippen LogP contribution in [0.1, 0.15) is 6.42 Å². The second-order valence-electron chi connectivity index (χ2n) is 6.12. The summed E-state index contributed by atoms with van der Waals surface area (Å²) in [6, 6.07) is 12.2. The number of anilines is 1. The first-order chi connectivity index (χ1) is 12.8. The van der Waals surface area contributed by atoms with E-state index in [4.69, 9.17) is 4.74 Å². The van der Waals surface area contributed by atoms with Crippen LogP contribution >= 0.6 is 0 Å². The van der Waals surface area contributed by atoms with Gasteiger partial charge in [-0.15, -0.1) is 0 Å². The highest BCUT2D eigenvalue weighted by Crippen LogP contribution is 2.29. The first-order valence-electron chi connectivity index (χ1n) is 8.65. The maximum atomic E-state index is 5.32. The molecule has 0 amide bonds. The number of nitrogens with zero attached hydrogens (tertiary/aromatic N) is 3. The van der Waals surface area contributed by atoms with Gasteiger partial charge in [0.1, 0.15) is 11.4 Å². The lowest BCUT2D eigenvalue weighted by Gasteiger charge is -2.07. The van der Waals surface area contributed by atoms with Crippen LogP contribution in [0.4, 0.5) is 5.69 Å². The Morgan fingerprint density at radius 3 is 3.00 bits per heavy atom. The van der Waals surface area contributed by atoms with Crippen LogP contribution < -0.4 is 10.1 Å². The van der Waals surface area contributed by atoms with Gasteiger partial charge in [-0.25, -0.2) is 9.97 Å². The lowest BCUT2D eigenvalue weighted by Crippen LogP contribution is -2.06. The van der Waals surface area contributed by atoms with Crippen LogP contribution in [-0.2, 0) is 6.54 Å². The Morgan fingerprint density at radius 1 is 1.19 bits per heavy atom. The number of pyridine rings is 1.